The molecule has 0 unspecified atom stereocenters. The number of amides is 1. The van der Waals surface area contributed by atoms with Crippen LogP contribution >= 0.6 is 0 Å². The molecule has 7 heteroatoms. The second kappa shape index (κ2) is 5.32. The lowest BCUT2D eigenvalue weighted by atomic mass is 10.3. The first-order valence-corrected chi connectivity index (χ1v) is 4.47. The molecule has 1 heterocycles. The Balaban J connectivity index is 2.75. The van der Waals surface area contributed by atoms with E-state index >= 15 is 0 Å². The fourth-order valence-corrected chi connectivity index (χ4v) is 1.17. The lowest BCUT2D eigenvalue weighted by Crippen LogP contribution is -2.36. The molecule has 0 bridgehead atoms. The van der Waals surface area contributed by atoms with Gasteiger partial charge in [0.2, 0.25) is 0 Å². The standard InChI is InChI=1S/C8H13N3O4/c12-3-1-11(2-4-13)8(15)6-5-7(14)10-9-6/h5,12-13H,1-4H2,(H2,9,10,14). The molecule has 0 saturated carbocycles. The molecule has 0 radical (unpaired) electrons. The Morgan fingerprint density at radius 2 is 1.87 bits per heavy atom. The molecule has 15 heavy (non-hydrogen) atoms. The number of aliphatic hydroxyl groups is 2. The summed E-state index contributed by atoms with van der Waals surface area (Å²) in [5, 5.41) is 22.1. The van der Waals surface area contributed by atoms with Gasteiger partial charge in [0.15, 0.2) is 0 Å². The van der Waals surface area contributed by atoms with Crippen LogP contribution in [0.15, 0.2) is 10.9 Å². The molecular weight excluding hydrogens is 202 g/mol. The first-order chi connectivity index (χ1) is 7.19. The van der Waals surface area contributed by atoms with E-state index in [1.54, 1.807) is 0 Å². The summed E-state index contributed by atoms with van der Waals surface area (Å²) in [5.74, 6) is -0.434. The van der Waals surface area contributed by atoms with E-state index in [4.69, 9.17) is 10.2 Å². The number of hydrogen-bond acceptors (Lipinski definition) is 4. The van der Waals surface area contributed by atoms with E-state index in [0.717, 1.165) is 6.07 Å². The van der Waals surface area contributed by atoms with Crippen LogP contribution in [0, 0.1) is 0 Å². The van der Waals surface area contributed by atoms with Crippen LogP contribution in [-0.2, 0) is 0 Å². The van der Waals surface area contributed by atoms with Crippen LogP contribution in [0.1, 0.15) is 10.5 Å². The zero-order chi connectivity index (χ0) is 11.3. The third-order valence-corrected chi connectivity index (χ3v) is 1.85. The highest BCUT2D eigenvalue weighted by molar-refractivity contribution is 5.92. The Morgan fingerprint density at radius 3 is 2.27 bits per heavy atom. The molecule has 0 aromatic carbocycles. The van der Waals surface area contributed by atoms with Crippen molar-refractivity contribution in [3.05, 3.63) is 22.1 Å². The van der Waals surface area contributed by atoms with Crippen LogP contribution in [0.5, 0.6) is 0 Å². The van der Waals surface area contributed by atoms with Crippen molar-refractivity contribution in [2.75, 3.05) is 26.3 Å². The number of rotatable bonds is 5. The molecule has 1 amide bonds. The molecule has 0 aliphatic rings. The molecule has 0 saturated heterocycles. The van der Waals surface area contributed by atoms with Gasteiger partial charge in [0.05, 0.1) is 13.2 Å². The number of carbonyl (C=O) groups is 1. The largest absolute Gasteiger partial charge is 0.395 e. The van der Waals surface area contributed by atoms with Crippen LogP contribution < -0.4 is 5.56 Å². The maximum absolute atomic E-state index is 11.7. The van der Waals surface area contributed by atoms with Crippen molar-refractivity contribution < 1.29 is 15.0 Å². The Labute approximate surface area is 85.3 Å². The average Bonchev–Trinajstić information content (AvgIpc) is 2.63. The van der Waals surface area contributed by atoms with E-state index in [1.165, 1.54) is 4.90 Å². The highest BCUT2D eigenvalue weighted by Crippen LogP contribution is 1.97. The number of aromatic nitrogens is 2. The first kappa shape index (κ1) is 11.5. The van der Waals surface area contributed by atoms with Crippen molar-refractivity contribution in [1.29, 1.82) is 0 Å². The van der Waals surface area contributed by atoms with Crippen LogP contribution in [0.4, 0.5) is 0 Å². The van der Waals surface area contributed by atoms with Gasteiger partial charge in [0.1, 0.15) is 5.69 Å². The highest BCUT2D eigenvalue weighted by atomic mass is 16.3. The monoisotopic (exact) mass is 215 g/mol. The van der Waals surface area contributed by atoms with Gasteiger partial charge in [-0.1, -0.05) is 0 Å². The number of hydrogen-bond donors (Lipinski definition) is 4. The summed E-state index contributed by atoms with van der Waals surface area (Å²) in [5.41, 5.74) is -0.284. The predicted octanol–water partition coefficient (Wildman–Crippen LogP) is -1.87. The lowest BCUT2D eigenvalue weighted by molar-refractivity contribution is 0.0679. The maximum atomic E-state index is 11.7. The van der Waals surface area contributed by atoms with Gasteiger partial charge in [0.25, 0.3) is 11.5 Å². The van der Waals surface area contributed by atoms with Gasteiger partial charge < -0.3 is 15.1 Å². The van der Waals surface area contributed by atoms with Gasteiger partial charge in [-0.15, -0.1) is 0 Å². The van der Waals surface area contributed by atoms with Gasteiger partial charge in [-0.25, -0.2) is 0 Å². The van der Waals surface area contributed by atoms with Crippen LogP contribution in [0.3, 0.4) is 0 Å². The van der Waals surface area contributed by atoms with E-state index < -0.39 is 11.5 Å². The Hall–Kier alpha value is -1.60. The summed E-state index contributed by atoms with van der Waals surface area (Å²) >= 11 is 0. The summed E-state index contributed by atoms with van der Waals surface area (Å²) < 4.78 is 0. The first-order valence-electron chi connectivity index (χ1n) is 4.47. The minimum Gasteiger partial charge on any atom is -0.395 e. The van der Waals surface area contributed by atoms with Crippen molar-refractivity contribution in [2.45, 2.75) is 0 Å². The third kappa shape index (κ3) is 2.93. The van der Waals surface area contributed by atoms with Crippen molar-refractivity contribution in [1.82, 2.24) is 15.1 Å². The van der Waals surface area contributed by atoms with Crippen molar-refractivity contribution in [3.63, 3.8) is 0 Å². The zero-order valence-electron chi connectivity index (χ0n) is 8.06. The summed E-state index contributed by atoms with van der Waals surface area (Å²) in [6.45, 7) is -0.153. The number of H-pyrrole nitrogens is 2. The van der Waals surface area contributed by atoms with Crippen LogP contribution in [0.2, 0.25) is 0 Å². The minimum absolute atomic E-state index is 0.113. The molecule has 1 aromatic heterocycles. The summed E-state index contributed by atoms with van der Waals surface area (Å²) in [6.07, 6.45) is 0. The quantitative estimate of drug-likeness (QED) is 0.461. The third-order valence-electron chi connectivity index (χ3n) is 1.85. The molecule has 0 fully saturated rings. The zero-order valence-corrected chi connectivity index (χ0v) is 8.06. The molecule has 0 aliphatic carbocycles. The molecule has 1 rings (SSSR count). The van der Waals surface area contributed by atoms with Crippen molar-refractivity contribution >= 4 is 5.91 Å². The maximum Gasteiger partial charge on any atom is 0.272 e. The average molecular weight is 215 g/mol. The Morgan fingerprint density at radius 1 is 1.27 bits per heavy atom. The fraction of sp³-hybridized carbons (Fsp3) is 0.500. The van der Waals surface area contributed by atoms with E-state index in [9.17, 15) is 9.59 Å². The summed E-state index contributed by atoms with van der Waals surface area (Å²) in [7, 11) is 0. The number of nitrogens with zero attached hydrogens (tertiary/aromatic N) is 1. The van der Waals surface area contributed by atoms with Crippen LogP contribution in [-0.4, -0.2) is 57.5 Å². The van der Waals surface area contributed by atoms with E-state index in [2.05, 4.69) is 10.2 Å². The molecule has 1 aromatic rings. The topological polar surface area (TPSA) is 109 Å². The molecule has 0 spiro atoms. The minimum atomic E-state index is -0.434. The predicted molar refractivity (Wildman–Crippen MR) is 51.5 cm³/mol. The Kier molecular flexibility index (Phi) is 4.07. The number of aromatic amines is 2. The van der Waals surface area contributed by atoms with Gasteiger partial charge >= 0.3 is 0 Å². The second-order valence-electron chi connectivity index (χ2n) is 2.91. The normalized spacial score (nSPS) is 10.3. The molecule has 7 nitrogen and oxygen atoms in total. The van der Waals surface area contributed by atoms with Gasteiger partial charge in [-0.3, -0.25) is 19.8 Å². The smallest absolute Gasteiger partial charge is 0.272 e. The highest BCUT2D eigenvalue weighted by Gasteiger charge is 2.16. The number of carbonyl (C=O) groups excluding carboxylic acids is 1. The molecule has 0 atom stereocenters. The van der Waals surface area contributed by atoms with E-state index in [0.29, 0.717) is 0 Å². The van der Waals surface area contributed by atoms with E-state index in [-0.39, 0.29) is 32.0 Å². The van der Waals surface area contributed by atoms with Crippen molar-refractivity contribution in [2.24, 2.45) is 0 Å². The van der Waals surface area contributed by atoms with Gasteiger partial charge in [0, 0.05) is 19.2 Å². The van der Waals surface area contributed by atoms with Gasteiger partial charge in [-0.05, 0) is 0 Å². The SMILES string of the molecule is O=C(c1cc(=O)[nH][nH]1)N(CCO)CCO. The van der Waals surface area contributed by atoms with Crippen LogP contribution in [0.25, 0.3) is 0 Å². The van der Waals surface area contributed by atoms with Gasteiger partial charge in [-0.2, -0.15) is 0 Å². The number of nitrogens with one attached hydrogen (secondary N) is 2. The summed E-state index contributed by atoms with van der Waals surface area (Å²) in [6, 6.07) is 1.13. The molecule has 0 aliphatic heterocycles. The number of aliphatic hydroxyl groups excluding tert-OH is 2. The summed E-state index contributed by atoms with van der Waals surface area (Å²) in [4.78, 5) is 23.7. The lowest BCUT2D eigenvalue weighted by Gasteiger charge is -2.19. The molecular formula is C8H13N3O4. The molecule has 84 valence electrons. The second-order valence-corrected chi connectivity index (χ2v) is 2.91. The van der Waals surface area contributed by atoms with Crippen molar-refractivity contribution in [3.8, 4) is 0 Å². The molecule has 4 N–H and O–H groups in total. The fourth-order valence-electron chi connectivity index (χ4n) is 1.17. The Bertz CT molecular complexity index is 364. The van der Waals surface area contributed by atoms with E-state index in [1.807, 2.05) is 0 Å².